The Morgan fingerprint density at radius 1 is 1.39 bits per heavy atom. The smallest absolute Gasteiger partial charge is 0.317 e. The Balaban J connectivity index is 2.57. The van der Waals surface area contributed by atoms with Crippen molar-refractivity contribution >= 4 is 12.0 Å². The van der Waals surface area contributed by atoms with Crippen molar-refractivity contribution in [1.29, 1.82) is 0 Å². The molecule has 0 radical (unpaired) electrons. The molecule has 1 fully saturated rings. The summed E-state index contributed by atoms with van der Waals surface area (Å²) in [6.07, 6.45) is 3.10. The first-order valence-electron chi connectivity index (χ1n) is 6.74. The molecule has 0 aromatic rings. The van der Waals surface area contributed by atoms with Crippen LogP contribution in [0.5, 0.6) is 0 Å². The molecule has 0 aromatic carbocycles. The van der Waals surface area contributed by atoms with Crippen LogP contribution in [-0.4, -0.2) is 41.1 Å². The fourth-order valence-electron chi connectivity index (χ4n) is 2.46. The number of hydrogen-bond acceptors (Lipinski definition) is 2. The summed E-state index contributed by atoms with van der Waals surface area (Å²) >= 11 is 0. The maximum Gasteiger partial charge on any atom is 0.317 e. The summed E-state index contributed by atoms with van der Waals surface area (Å²) in [5, 5.41) is 12.1. The molecule has 1 saturated heterocycles. The van der Waals surface area contributed by atoms with E-state index in [0.29, 0.717) is 12.8 Å². The fraction of sp³-hybridized carbons (Fsp3) is 0.846. The van der Waals surface area contributed by atoms with Crippen molar-refractivity contribution in [3.8, 4) is 0 Å². The van der Waals surface area contributed by atoms with Gasteiger partial charge in [0.2, 0.25) is 0 Å². The van der Waals surface area contributed by atoms with Crippen molar-refractivity contribution in [2.45, 2.75) is 52.5 Å². The normalized spacial score (nSPS) is 19.9. The molecule has 2 amide bonds. The minimum atomic E-state index is -0.835. The van der Waals surface area contributed by atoms with Crippen LogP contribution in [0.4, 0.5) is 4.79 Å². The molecule has 1 unspecified atom stereocenters. The van der Waals surface area contributed by atoms with Gasteiger partial charge in [-0.15, -0.1) is 0 Å². The Hall–Kier alpha value is -1.26. The molecule has 0 bridgehead atoms. The maximum absolute atomic E-state index is 12.0. The van der Waals surface area contributed by atoms with Gasteiger partial charge in [-0.3, -0.25) is 4.79 Å². The number of carbonyl (C=O) groups excluding carboxylic acids is 1. The molecule has 1 aliphatic rings. The first kappa shape index (κ1) is 14.8. The summed E-state index contributed by atoms with van der Waals surface area (Å²) in [6.45, 7) is 6.70. The zero-order valence-corrected chi connectivity index (χ0v) is 11.5. The van der Waals surface area contributed by atoms with Gasteiger partial charge >= 0.3 is 12.0 Å². The second-order valence-electron chi connectivity index (χ2n) is 5.14. The molecule has 18 heavy (non-hydrogen) atoms. The molecule has 0 aromatic heterocycles. The number of carbonyl (C=O) groups is 2. The van der Waals surface area contributed by atoms with E-state index in [4.69, 9.17) is 0 Å². The molecule has 1 aliphatic heterocycles. The highest BCUT2D eigenvalue weighted by atomic mass is 16.4. The van der Waals surface area contributed by atoms with E-state index >= 15 is 0 Å². The first-order valence-corrected chi connectivity index (χ1v) is 6.74. The van der Waals surface area contributed by atoms with Gasteiger partial charge < -0.3 is 15.3 Å². The topological polar surface area (TPSA) is 69.6 Å². The Bertz CT molecular complexity index is 313. The lowest BCUT2D eigenvalue weighted by Crippen LogP contribution is -2.48. The molecular formula is C13H24N2O3. The highest BCUT2D eigenvalue weighted by molar-refractivity contribution is 5.78. The van der Waals surface area contributed by atoms with E-state index in [2.05, 4.69) is 5.32 Å². The number of aliphatic carboxylic acids is 1. The second kappa shape index (κ2) is 6.07. The van der Waals surface area contributed by atoms with Crippen molar-refractivity contribution in [2.24, 2.45) is 5.41 Å². The van der Waals surface area contributed by atoms with E-state index in [1.807, 2.05) is 20.8 Å². The van der Waals surface area contributed by atoms with Crippen molar-refractivity contribution < 1.29 is 14.7 Å². The number of nitrogens with one attached hydrogen (secondary N) is 1. The van der Waals surface area contributed by atoms with Crippen LogP contribution >= 0.6 is 0 Å². The summed E-state index contributed by atoms with van der Waals surface area (Å²) in [6, 6.07) is 0.125. The highest BCUT2D eigenvalue weighted by Crippen LogP contribution is 2.26. The second-order valence-corrected chi connectivity index (χ2v) is 5.14. The van der Waals surface area contributed by atoms with E-state index in [0.717, 1.165) is 19.4 Å². The van der Waals surface area contributed by atoms with Crippen molar-refractivity contribution in [3.05, 3.63) is 0 Å². The Morgan fingerprint density at radius 2 is 2.00 bits per heavy atom. The number of likely N-dealkylation sites (tertiary alicyclic amines) is 1. The Labute approximate surface area is 109 Å². The third-order valence-corrected chi connectivity index (χ3v) is 4.20. The Kier molecular flexibility index (Phi) is 4.99. The molecule has 1 rings (SSSR count). The molecular weight excluding hydrogens is 232 g/mol. The van der Waals surface area contributed by atoms with Gasteiger partial charge in [-0.1, -0.05) is 13.8 Å². The minimum absolute atomic E-state index is 0.132. The van der Waals surface area contributed by atoms with Gasteiger partial charge in [0, 0.05) is 19.1 Å². The standard InChI is InChI=1S/C13H24N2O3/c1-4-13(5-2,11(16)17)9-14-12(18)15-8-6-7-10(15)3/h10H,4-9H2,1-3H3,(H,14,18)(H,16,17). The van der Waals surface area contributed by atoms with E-state index in [9.17, 15) is 14.7 Å². The predicted octanol–water partition coefficient (Wildman–Crippen LogP) is 2.07. The van der Waals surface area contributed by atoms with Crippen LogP contribution in [0, 0.1) is 5.41 Å². The lowest BCUT2D eigenvalue weighted by molar-refractivity contribution is -0.149. The quantitative estimate of drug-likeness (QED) is 0.791. The van der Waals surface area contributed by atoms with Crippen LogP contribution in [-0.2, 0) is 4.79 Å². The third-order valence-electron chi connectivity index (χ3n) is 4.20. The van der Waals surface area contributed by atoms with Gasteiger partial charge in [-0.05, 0) is 32.6 Å². The summed E-state index contributed by atoms with van der Waals surface area (Å²) in [4.78, 5) is 25.1. The van der Waals surface area contributed by atoms with Gasteiger partial charge in [-0.25, -0.2) is 4.79 Å². The van der Waals surface area contributed by atoms with Crippen LogP contribution in [0.15, 0.2) is 0 Å². The molecule has 0 saturated carbocycles. The zero-order valence-electron chi connectivity index (χ0n) is 11.5. The number of carboxylic acids is 1. The molecule has 1 heterocycles. The monoisotopic (exact) mass is 256 g/mol. The number of rotatable bonds is 5. The number of amides is 2. The summed E-state index contributed by atoms with van der Waals surface area (Å²) in [5.74, 6) is -0.831. The number of nitrogens with zero attached hydrogens (tertiary/aromatic N) is 1. The number of hydrogen-bond donors (Lipinski definition) is 2. The van der Waals surface area contributed by atoms with Crippen LogP contribution < -0.4 is 5.32 Å². The first-order chi connectivity index (χ1) is 8.46. The molecule has 0 aliphatic carbocycles. The van der Waals surface area contributed by atoms with E-state index in [1.54, 1.807) is 4.90 Å². The van der Waals surface area contributed by atoms with Crippen molar-refractivity contribution in [3.63, 3.8) is 0 Å². The van der Waals surface area contributed by atoms with E-state index in [-0.39, 0.29) is 18.6 Å². The lowest BCUT2D eigenvalue weighted by Gasteiger charge is -2.29. The molecule has 104 valence electrons. The van der Waals surface area contributed by atoms with Crippen LogP contribution in [0.25, 0.3) is 0 Å². The molecule has 0 spiro atoms. The Morgan fingerprint density at radius 3 is 2.39 bits per heavy atom. The molecule has 5 nitrogen and oxygen atoms in total. The summed E-state index contributed by atoms with van der Waals surface area (Å²) < 4.78 is 0. The van der Waals surface area contributed by atoms with Crippen LogP contribution in [0.2, 0.25) is 0 Å². The summed E-state index contributed by atoms with van der Waals surface area (Å²) in [5.41, 5.74) is -0.835. The third kappa shape index (κ3) is 2.94. The maximum atomic E-state index is 12.0. The fourth-order valence-corrected chi connectivity index (χ4v) is 2.46. The number of urea groups is 1. The molecule has 5 heteroatoms. The predicted molar refractivity (Wildman–Crippen MR) is 69.5 cm³/mol. The van der Waals surface area contributed by atoms with E-state index < -0.39 is 11.4 Å². The van der Waals surface area contributed by atoms with E-state index in [1.165, 1.54) is 0 Å². The van der Waals surface area contributed by atoms with Crippen molar-refractivity contribution in [2.75, 3.05) is 13.1 Å². The van der Waals surface area contributed by atoms with Gasteiger partial charge in [0.1, 0.15) is 0 Å². The largest absolute Gasteiger partial charge is 0.481 e. The SMILES string of the molecule is CCC(CC)(CNC(=O)N1CCCC1C)C(=O)O. The average Bonchev–Trinajstić information content (AvgIpc) is 2.77. The van der Waals surface area contributed by atoms with Gasteiger partial charge in [0.05, 0.1) is 5.41 Å². The van der Waals surface area contributed by atoms with Gasteiger partial charge in [0.25, 0.3) is 0 Å². The van der Waals surface area contributed by atoms with Crippen molar-refractivity contribution in [1.82, 2.24) is 10.2 Å². The zero-order chi connectivity index (χ0) is 13.8. The van der Waals surface area contributed by atoms with Crippen LogP contribution in [0.3, 0.4) is 0 Å². The summed E-state index contributed by atoms with van der Waals surface area (Å²) in [7, 11) is 0. The lowest BCUT2D eigenvalue weighted by atomic mass is 9.82. The van der Waals surface area contributed by atoms with Crippen LogP contribution in [0.1, 0.15) is 46.5 Å². The van der Waals surface area contributed by atoms with Gasteiger partial charge in [0.15, 0.2) is 0 Å². The van der Waals surface area contributed by atoms with Gasteiger partial charge in [-0.2, -0.15) is 0 Å². The average molecular weight is 256 g/mol. The number of carboxylic acid groups (broad SMARTS) is 1. The molecule has 1 atom stereocenters. The highest BCUT2D eigenvalue weighted by Gasteiger charge is 2.36. The minimum Gasteiger partial charge on any atom is -0.481 e. The molecule has 2 N–H and O–H groups in total.